The van der Waals surface area contributed by atoms with E-state index in [0.717, 1.165) is 44.4 Å². The number of furan rings is 1. The highest BCUT2D eigenvalue weighted by Gasteiger charge is 2.58. The molecule has 0 aromatic carbocycles. The molecule has 1 saturated carbocycles. The highest BCUT2D eigenvalue weighted by molar-refractivity contribution is 14.0. The molecule has 0 amide bonds. The van der Waals surface area contributed by atoms with Crippen LogP contribution >= 0.6 is 24.0 Å². The molecule has 4 unspecified atom stereocenters. The fraction of sp³-hybridized carbons (Fsp3) is 0.762. The molecule has 0 spiro atoms. The van der Waals surface area contributed by atoms with E-state index in [0.29, 0.717) is 18.1 Å². The number of nitrogens with one attached hydrogen (secondary N) is 2. The minimum Gasteiger partial charge on any atom is -0.468 e. The first-order valence-electron chi connectivity index (χ1n) is 10.5. The first kappa shape index (κ1) is 21.9. The van der Waals surface area contributed by atoms with E-state index in [1.54, 1.807) is 6.26 Å². The van der Waals surface area contributed by atoms with E-state index in [1.165, 1.54) is 19.3 Å². The van der Waals surface area contributed by atoms with E-state index in [1.807, 2.05) is 13.1 Å². The number of likely N-dealkylation sites (tertiary alicyclic amines) is 1. The fourth-order valence-corrected chi connectivity index (χ4v) is 5.29. The van der Waals surface area contributed by atoms with Gasteiger partial charge < -0.3 is 19.8 Å². The molecule has 3 heterocycles. The number of nitrogens with zero attached hydrogens (tertiary/aromatic N) is 2. The van der Waals surface area contributed by atoms with Crippen LogP contribution in [0, 0.1) is 11.3 Å². The van der Waals surface area contributed by atoms with Gasteiger partial charge in [-0.1, -0.05) is 13.8 Å². The zero-order chi connectivity index (χ0) is 18.9. The lowest BCUT2D eigenvalue weighted by molar-refractivity contribution is -0.188. The molecule has 6 nitrogen and oxygen atoms in total. The first-order valence-corrected chi connectivity index (χ1v) is 10.5. The lowest BCUT2D eigenvalue weighted by atomic mass is 9.55. The van der Waals surface area contributed by atoms with E-state index in [-0.39, 0.29) is 35.4 Å². The minimum atomic E-state index is 0. The molecule has 1 aromatic heterocycles. The van der Waals surface area contributed by atoms with Gasteiger partial charge in [0.2, 0.25) is 0 Å². The normalized spacial score (nSPS) is 30.7. The van der Waals surface area contributed by atoms with Crippen LogP contribution in [0.25, 0.3) is 0 Å². The van der Waals surface area contributed by atoms with Gasteiger partial charge >= 0.3 is 0 Å². The summed E-state index contributed by atoms with van der Waals surface area (Å²) in [7, 11) is 1.85. The van der Waals surface area contributed by atoms with Gasteiger partial charge in [0, 0.05) is 37.6 Å². The molecule has 1 aromatic rings. The van der Waals surface area contributed by atoms with Crippen molar-refractivity contribution in [3.63, 3.8) is 0 Å². The van der Waals surface area contributed by atoms with Crippen molar-refractivity contribution in [2.45, 2.75) is 57.7 Å². The lowest BCUT2D eigenvalue weighted by Crippen LogP contribution is -2.71. The van der Waals surface area contributed by atoms with E-state index in [9.17, 15) is 0 Å². The summed E-state index contributed by atoms with van der Waals surface area (Å²) in [5.41, 5.74) is 0.137. The fourth-order valence-electron chi connectivity index (χ4n) is 5.29. The number of fused-ring (bicyclic) bond motifs is 1. The molecule has 0 radical (unpaired) electrons. The number of rotatable bonds is 5. The summed E-state index contributed by atoms with van der Waals surface area (Å²) in [6.45, 7) is 8.59. The Kier molecular flexibility index (Phi) is 7.31. The van der Waals surface area contributed by atoms with Crippen molar-refractivity contribution in [1.82, 2.24) is 15.5 Å². The second-order valence-electron chi connectivity index (χ2n) is 8.77. The number of ether oxygens (including phenoxy) is 1. The summed E-state index contributed by atoms with van der Waals surface area (Å²) in [4.78, 5) is 7.01. The number of guanidine groups is 1. The van der Waals surface area contributed by atoms with Crippen molar-refractivity contribution in [1.29, 1.82) is 0 Å². The Morgan fingerprint density at radius 3 is 2.79 bits per heavy atom. The van der Waals surface area contributed by atoms with Gasteiger partial charge in [-0.2, -0.15) is 0 Å². The Balaban J connectivity index is 0.00000225. The number of hydrogen-bond donors (Lipinski definition) is 2. The van der Waals surface area contributed by atoms with Crippen molar-refractivity contribution in [2.24, 2.45) is 16.3 Å². The van der Waals surface area contributed by atoms with Crippen LogP contribution in [0.4, 0.5) is 0 Å². The van der Waals surface area contributed by atoms with Crippen LogP contribution in [0.2, 0.25) is 0 Å². The topological polar surface area (TPSA) is 62.0 Å². The van der Waals surface area contributed by atoms with Crippen LogP contribution in [0.15, 0.2) is 27.8 Å². The van der Waals surface area contributed by atoms with Crippen LogP contribution < -0.4 is 10.6 Å². The van der Waals surface area contributed by atoms with Crippen LogP contribution in [0.5, 0.6) is 0 Å². The zero-order valence-electron chi connectivity index (χ0n) is 17.3. The third-order valence-electron chi connectivity index (χ3n) is 6.76. The number of hydrogen-bond acceptors (Lipinski definition) is 4. The van der Waals surface area contributed by atoms with Crippen molar-refractivity contribution in [3.05, 3.63) is 24.2 Å². The average Bonchev–Trinajstić information content (AvgIpc) is 3.39. The summed E-state index contributed by atoms with van der Waals surface area (Å²) in [6.07, 6.45) is 7.09. The highest BCUT2D eigenvalue weighted by atomic mass is 127. The quantitative estimate of drug-likeness (QED) is 0.367. The lowest BCUT2D eigenvalue weighted by Gasteiger charge is -2.60. The summed E-state index contributed by atoms with van der Waals surface area (Å²) in [6, 6.07) is 4.72. The van der Waals surface area contributed by atoms with Crippen molar-refractivity contribution in [3.8, 4) is 0 Å². The monoisotopic (exact) mass is 502 g/mol. The van der Waals surface area contributed by atoms with E-state index in [4.69, 9.17) is 9.15 Å². The summed E-state index contributed by atoms with van der Waals surface area (Å²) in [5, 5.41) is 7.26. The maximum atomic E-state index is 6.03. The largest absolute Gasteiger partial charge is 0.468 e. The molecule has 3 fully saturated rings. The van der Waals surface area contributed by atoms with E-state index >= 15 is 0 Å². The third-order valence-corrected chi connectivity index (χ3v) is 6.76. The maximum absolute atomic E-state index is 6.03. The number of aliphatic imine (C=N–C) groups is 1. The van der Waals surface area contributed by atoms with E-state index < -0.39 is 0 Å². The van der Waals surface area contributed by atoms with Crippen molar-refractivity contribution >= 4 is 29.9 Å². The third kappa shape index (κ3) is 4.21. The molecule has 4 atom stereocenters. The van der Waals surface area contributed by atoms with Crippen molar-refractivity contribution < 1.29 is 9.15 Å². The molecular formula is C21H35IN4O2. The molecule has 2 aliphatic heterocycles. The predicted molar refractivity (Wildman–Crippen MR) is 122 cm³/mol. The standard InChI is InChI=1S/C21H34N4O2.HI/c1-21(2)18(15-8-6-13-27-19(15)21)24-20(22-3)23-14-16(17-9-7-12-26-17)25-10-4-5-11-25;/h7,9,12,15-16,18-19H,4-6,8,10-11,13-14H2,1-3H3,(H2,22,23,24);1H. The summed E-state index contributed by atoms with van der Waals surface area (Å²) >= 11 is 0. The maximum Gasteiger partial charge on any atom is 0.191 e. The summed E-state index contributed by atoms with van der Waals surface area (Å²) < 4.78 is 11.8. The van der Waals surface area contributed by atoms with Gasteiger partial charge in [0.25, 0.3) is 0 Å². The van der Waals surface area contributed by atoms with Crippen LogP contribution in [0.1, 0.15) is 51.3 Å². The molecule has 158 valence electrons. The van der Waals surface area contributed by atoms with Crippen LogP contribution in [-0.2, 0) is 4.74 Å². The molecular weight excluding hydrogens is 467 g/mol. The number of halogens is 1. The van der Waals surface area contributed by atoms with Gasteiger partial charge in [-0.15, -0.1) is 24.0 Å². The molecule has 7 heteroatoms. The van der Waals surface area contributed by atoms with Crippen molar-refractivity contribution in [2.75, 3.05) is 33.3 Å². The van der Waals surface area contributed by atoms with Gasteiger partial charge in [-0.05, 0) is 50.9 Å². The van der Waals surface area contributed by atoms with Gasteiger partial charge in [-0.25, -0.2) is 0 Å². The minimum absolute atomic E-state index is 0. The first-order chi connectivity index (χ1) is 13.1. The van der Waals surface area contributed by atoms with Crippen LogP contribution in [-0.4, -0.2) is 56.3 Å². The zero-order valence-corrected chi connectivity index (χ0v) is 19.6. The second-order valence-corrected chi connectivity index (χ2v) is 8.77. The van der Waals surface area contributed by atoms with Gasteiger partial charge in [0.1, 0.15) is 5.76 Å². The highest BCUT2D eigenvalue weighted by Crippen LogP contribution is 2.51. The Bertz CT molecular complexity index is 643. The van der Waals surface area contributed by atoms with Crippen LogP contribution in [0.3, 0.4) is 0 Å². The smallest absolute Gasteiger partial charge is 0.191 e. The molecule has 2 N–H and O–H groups in total. The Hall–Kier alpha value is -0.800. The average molecular weight is 502 g/mol. The van der Waals surface area contributed by atoms with Gasteiger partial charge in [0.15, 0.2) is 5.96 Å². The second kappa shape index (κ2) is 9.34. The Morgan fingerprint density at radius 1 is 1.32 bits per heavy atom. The summed E-state index contributed by atoms with van der Waals surface area (Å²) in [5.74, 6) is 2.50. The Morgan fingerprint density at radius 2 is 2.11 bits per heavy atom. The predicted octanol–water partition coefficient (Wildman–Crippen LogP) is 3.40. The molecule has 0 bridgehead atoms. The van der Waals surface area contributed by atoms with Gasteiger partial charge in [-0.3, -0.25) is 9.89 Å². The SMILES string of the molecule is CN=C(NCC(c1ccco1)N1CCCC1)NC1C2CCCOC2C1(C)C.I. The molecule has 1 aliphatic carbocycles. The van der Waals surface area contributed by atoms with Gasteiger partial charge in [0.05, 0.1) is 18.4 Å². The molecule has 4 rings (SSSR count). The molecule has 28 heavy (non-hydrogen) atoms. The Labute approximate surface area is 185 Å². The molecule has 3 aliphatic rings. The molecule has 2 saturated heterocycles. The van der Waals surface area contributed by atoms with E-state index in [2.05, 4.69) is 40.4 Å².